The molecule has 3 heterocycles. The van der Waals surface area contributed by atoms with Crippen LogP contribution in [0.25, 0.3) is 0 Å². The molecule has 0 saturated carbocycles. The largest absolute Gasteiger partial charge is 0.448 e. The summed E-state index contributed by atoms with van der Waals surface area (Å²) >= 11 is 0. The number of hydrogen-bond acceptors (Lipinski definition) is 4. The molecule has 1 aliphatic heterocycles. The number of oxazole rings is 1. The van der Waals surface area contributed by atoms with Crippen molar-refractivity contribution in [1.82, 2.24) is 20.1 Å². The summed E-state index contributed by atoms with van der Waals surface area (Å²) in [6, 6.07) is 1.96. The van der Waals surface area contributed by atoms with Crippen LogP contribution in [0.5, 0.6) is 0 Å². The van der Waals surface area contributed by atoms with Gasteiger partial charge >= 0.3 is 0 Å². The van der Waals surface area contributed by atoms with Crippen molar-refractivity contribution in [2.45, 2.75) is 19.3 Å². The molecule has 1 amide bonds. The number of rotatable bonds is 2. The monoisotopic (exact) mass is 246 g/mol. The molecule has 0 aromatic carbocycles. The average molecular weight is 246 g/mol. The van der Waals surface area contributed by atoms with Gasteiger partial charge in [-0.05, 0) is 12.5 Å². The van der Waals surface area contributed by atoms with E-state index in [0.717, 1.165) is 18.7 Å². The van der Waals surface area contributed by atoms with Gasteiger partial charge in [0.15, 0.2) is 11.6 Å². The van der Waals surface area contributed by atoms with Crippen molar-refractivity contribution in [3.8, 4) is 0 Å². The van der Waals surface area contributed by atoms with Crippen LogP contribution in [0.15, 0.2) is 22.9 Å². The van der Waals surface area contributed by atoms with Gasteiger partial charge < -0.3 is 9.32 Å². The van der Waals surface area contributed by atoms with Crippen LogP contribution in [0.3, 0.4) is 0 Å². The zero-order chi connectivity index (χ0) is 12.5. The number of aryl methyl sites for hydroxylation is 1. The van der Waals surface area contributed by atoms with E-state index in [1.807, 2.05) is 11.0 Å². The summed E-state index contributed by atoms with van der Waals surface area (Å²) in [7, 11) is 0. The Morgan fingerprint density at radius 3 is 3.17 bits per heavy atom. The second kappa shape index (κ2) is 4.29. The summed E-state index contributed by atoms with van der Waals surface area (Å²) < 4.78 is 5.07. The van der Waals surface area contributed by atoms with E-state index in [0.29, 0.717) is 24.0 Å². The maximum Gasteiger partial charge on any atom is 0.275 e. The Kier molecular flexibility index (Phi) is 2.62. The molecule has 1 N–H and O–H groups in total. The van der Waals surface area contributed by atoms with Crippen LogP contribution in [0, 0.1) is 6.92 Å². The van der Waals surface area contributed by atoms with Gasteiger partial charge in [0, 0.05) is 37.8 Å². The van der Waals surface area contributed by atoms with Crippen molar-refractivity contribution in [3.05, 3.63) is 35.8 Å². The maximum absolute atomic E-state index is 12.2. The van der Waals surface area contributed by atoms with Crippen LogP contribution in [-0.4, -0.2) is 39.1 Å². The lowest BCUT2D eigenvalue weighted by Crippen LogP contribution is -2.28. The highest BCUT2D eigenvalue weighted by Gasteiger charge is 2.29. The fourth-order valence-corrected chi connectivity index (χ4v) is 2.32. The molecular weight excluding hydrogens is 232 g/mol. The highest BCUT2D eigenvalue weighted by molar-refractivity contribution is 5.92. The lowest BCUT2D eigenvalue weighted by Gasteiger charge is -2.14. The van der Waals surface area contributed by atoms with Gasteiger partial charge in [0.1, 0.15) is 6.26 Å². The van der Waals surface area contributed by atoms with E-state index in [1.54, 1.807) is 13.1 Å². The Morgan fingerprint density at radius 1 is 1.61 bits per heavy atom. The van der Waals surface area contributed by atoms with Gasteiger partial charge in [-0.1, -0.05) is 0 Å². The minimum absolute atomic E-state index is 0.0612. The molecule has 94 valence electrons. The van der Waals surface area contributed by atoms with Crippen LogP contribution in [0.4, 0.5) is 0 Å². The molecule has 2 aromatic heterocycles. The lowest BCUT2D eigenvalue weighted by molar-refractivity contribution is 0.0785. The molecule has 6 heteroatoms. The summed E-state index contributed by atoms with van der Waals surface area (Å²) in [6.45, 7) is 3.18. The number of nitrogens with zero attached hydrogens (tertiary/aromatic N) is 3. The summed E-state index contributed by atoms with van der Waals surface area (Å²) in [6.07, 6.45) is 4.10. The molecule has 6 nitrogen and oxygen atoms in total. The molecule has 0 spiro atoms. The topological polar surface area (TPSA) is 75.0 Å². The molecule has 0 bridgehead atoms. The van der Waals surface area contributed by atoms with Crippen molar-refractivity contribution >= 4 is 5.91 Å². The Labute approximate surface area is 104 Å². The molecule has 0 aliphatic carbocycles. The van der Waals surface area contributed by atoms with Crippen LogP contribution >= 0.6 is 0 Å². The van der Waals surface area contributed by atoms with Crippen molar-refractivity contribution in [2.75, 3.05) is 13.1 Å². The molecule has 1 unspecified atom stereocenters. The SMILES string of the molecule is Cc1nc(C(=O)N2CCC(c3ccn[nH]3)C2)co1. The van der Waals surface area contributed by atoms with E-state index in [2.05, 4.69) is 15.2 Å². The smallest absolute Gasteiger partial charge is 0.275 e. The van der Waals surface area contributed by atoms with Gasteiger partial charge in [-0.3, -0.25) is 9.89 Å². The second-order valence-corrected chi connectivity index (χ2v) is 4.50. The lowest BCUT2D eigenvalue weighted by atomic mass is 10.1. The number of H-pyrrole nitrogens is 1. The van der Waals surface area contributed by atoms with Crippen molar-refractivity contribution in [2.24, 2.45) is 0 Å². The van der Waals surface area contributed by atoms with Crippen LogP contribution in [0.1, 0.15) is 34.4 Å². The number of nitrogens with one attached hydrogen (secondary N) is 1. The van der Waals surface area contributed by atoms with E-state index in [4.69, 9.17) is 4.42 Å². The Bertz CT molecular complexity index is 546. The highest BCUT2D eigenvalue weighted by Crippen LogP contribution is 2.26. The van der Waals surface area contributed by atoms with E-state index < -0.39 is 0 Å². The first kappa shape index (κ1) is 11.0. The van der Waals surface area contributed by atoms with Crippen LogP contribution < -0.4 is 0 Å². The Morgan fingerprint density at radius 2 is 2.50 bits per heavy atom. The number of amides is 1. The molecule has 1 aliphatic rings. The predicted octanol–water partition coefficient (Wildman–Crippen LogP) is 1.34. The molecule has 2 aromatic rings. The molecule has 1 saturated heterocycles. The van der Waals surface area contributed by atoms with Crippen LogP contribution in [0.2, 0.25) is 0 Å². The highest BCUT2D eigenvalue weighted by atomic mass is 16.3. The summed E-state index contributed by atoms with van der Waals surface area (Å²) in [5.74, 6) is 0.793. The number of aromatic nitrogens is 3. The van der Waals surface area contributed by atoms with Gasteiger partial charge in [0.05, 0.1) is 0 Å². The predicted molar refractivity (Wildman–Crippen MR) is 63.1 cm³/mol. The van der Waals surface area contributed by atoms with Crippen molar-refractivity contribution < 1.29 is 9.21 Å². The van der Waals surface area contributed by atoms with Gasteiger partial charge in [0.25, 0.3) is 5.91 Å². The normalized spacial score (nSPS) is 19.4. The van der Waals surface area contributed by atoms with Crippen LogP contribution in [-0.2, 0) is 0 Å². The third-order valence-electron chi connectivity index (χ3n) is 3.28. The quantitative estimate of drug-likeness (QED) is 0.867. The van der Waals surface area contributed by atoms with Gasteiger partial charge in [0.2, 0.25) is 0 Å². The Hall–Kier alpha value is -2.11. The minimum Gasteiger partial charge on any atom is -0.448 e. The summed E-state index contributed by atoms with van der Waals surface area (Å²) in [4.78, 5) is 18.0. The average Bonchev–Trinajstić information content (AvgIpc) is 3.09. The molecule has 1 fully saturated rings. The van der Waals surface area contributed by atoms with Gasteiger partial charge in [-0.2, -0.15) is 5.10 Å². The van der Waals surface area contributed by atoms with Crippen molar-refractivity contribution in [3.63, 3.8) is 0 Å². The van der Waals surface area contributed by atoms with E-state index in [9.17, 15) is 4.79 Å². The number of carbonyl (C=O) groups excluding carboxylic acids is 1. The number of aromatic amines is 1. The molecule has 18 heavy (non-hydrogen) atoms. The van der Waals surface area contributed by atoms with Gasteiger partial charge in [-0.25, -0.2) is 4.98 Å². The maximum atomic E-state index is 12.2. The third-order valence-corrected chi connectivity index (χ3v) is 3.28. The van der Waals surface area contributed by atoms with E-state index in [-0.39, 0.29) is 5.91 Å². The Balaban J connectivity index is 1.70. The first-order valence-corrected chi connectivity index (χ1v) is 5.94. The van der Waals surface area contributed by atoms with Crippen molar-refractivity contribution in [1.29, 1.82) is 0 Å². The minimum atomic E-state index is -0.0612. The molecule has 0 radical (unpaired) electrons. The zero-order valence-corrected chi connectivity index (χ0v) is 10.1. The number of hydrogen-bond donors (Lipinski definition) is 1. The van der Waals surface area contributed by atoms with E-state index >= 15 is 0 Å². The second-order valence-electron chi connectivity index (χ2n) is 4.50. The van der Waals surface area contributed by atoms with Gasteiger partial charge in [-0.15, -0.1) is 0 Å². The first-order valence-electron chi connectivity index (χ1n) is 5.94. The first-order chi connectivity index (χ1) is 8.74. The third kappa shape index (κ3) is 1.90. The fraction of sp³-hybridized carbons (Fsp3) is 0.417. The number of likely N-dealkylation sites (tertiary alicyclic amines) is 1. The molecule has 3 rings (SSSR count). The standard InChI is InChI=1S/C12H14N4O2/c1-8-14-11(7-18-8)12(17)16-5-3-9(6-16)10-2-4-13-15-10/h2,4,7,9H,3,5-6H2,1H3,(H,13,15). The zero-order valence-electron chi connectivity index (χ0n) is 10.1. The summed E-state index contributed by atoms with van der Waals surface area (Å²) in [5.41, 5.74) is 1.47. The molecular formula is C12H14N4O2. The number of carbonyl (C=O) groups is 1. The van der Waals surface area contributed by atoms with E-state index in [1.165, 1.54) is 6.26 Å². The summed E-state index contributed by atoms with van der Waals surface area (Å²) in [5, 5.41) is 6.90. The fourth-order valence-electron chi connectivity index (χ4n) is 2.32. The molecule has 1 atom stereocenters.